The van der Waals surface area contributed by atoms with Crippen molar-refractivity contribution in [2.24, 2.45) is 5.92 Å². The third kappa shape index (κ3) is 4.29. The van der Waals surface area contributed by atoms with E-state index in [2.05, 4.69) is 10.6 Å². The molecule has 5 nitrogen and oxygen atoms in total. The van der Waals surface area contributed by atoms with Gasteiger partial charge < -0.3 is 15.7 Å². The van der Waals surface area contributed by atoms with Crippen LogP contribution in [0.1, 0.15) is 13.8 Å². The van der Waals surface area contributed by atoms with Gasteiger partial charge in [0.2, 0.25) is 0 Å². The van der Waals surface area contributed by atoms with Crippen molar-refractivity contribution in [2.45, 2.75) is 19.9 Å². The quantitative estimate of drug-likeness (QED) is 0.799. The van der Waals surface area contributed by atoms with E-state index >= 15 is 0 Å². The summed E-state index contributed by atoms with van der Waals surface area (Å²) in [6.07, 6.45) is 0. The van der Waals surface area contributed by atoms with Crippen LogP contribution in [0.4, 0.5) is 10.5 Å². The maximum atomic E-state index is 11.7. The Morgan fingerprint density at radius 1 is 1.21 bits per heavy atom. The molecule has 0 bridgehead atoms. The minimum atomic E-state index is -0.983. The SMILES string of the molecule is CC(NC(=O)Nc1c(Cl)cccc1Cl)C(C)C(=O)O. The number of para-hydroxylation sites is 1. The van der Waals surface area contributed by atoms with Crippen molar-refractivity contribution in [3.63, 3.8) is 0 Å². The fourth-order valence-corrected chi connectivity index (χ4v) is 1.80. The van der Waals surface area contributed by atoms with Crippen molar-refractivity contribution >= 4 is 40.9 Å². The molecule has 19 heavy (non-hydrogen) atoms. The predicted molar refractivity (Wildman–Crippen MR) is 74.9 cm³/mol. The zero-order valence-corrected chi connectivity index (χ0v) is 11.9. The average Bonchev–Trinajstić information content (AvgIpc) is 2.32. The van der Waals surface area contributed by atoms with Crippen molar-refractivity contribution < 1.29 is 14.7 Å². The number of aliphatic carboxylic acids is 1. The molecule has 0 aliphatic carbocycles. The Morgan fingerprint density at radius 2 is 1.74 bits per heavy atom. The summed E-state index contributed by atoms with van der Waals surface area (Å²) >= 11 is 11.8. The average molecular weight is 305 g/mol. The number of hydrogen-bond acceptors (Lipinski definition) is 2. The summed E-state index contributed by atoms with van der Waals surface area (Å²) in [7, 11) is 0. The first-order chi connectivity index (χ1) is 8.82. The Kier molecular flexibility index (Phi) is 5.44. The van der Waals surface area contributed by atoms with Crippen LogP contribution in [-0.2, 0) is 4.79 Å². The molecule has 0 spiro atoms. The topological polar surface area (TPSA) is 78.4 Å². The number of amides is 2. The number of carboxylic acid groups (broad SMARTS) is 1. The molecule has 1 aromatic carbocycles. The number of carboxylic acids is 1. The fraction of sp³-hybridized carbons (Fsp3) is 0.333. The van der Waals surface area contributed by atoms with E-state index in [1.165, 1.54) is 6.92 Å². The number of urea groups is 1. The van der Waals surface area contributed by atoms with E-state index in [1.807, 2.05) is 0 Å². The second kappa shape index (κ2) is 6.63. The zero-order valence-electron chi connectivity index (χ0n) is 10.4. The van der Waals surface area contributed by atoms with Crippen LogP contribution in [0.5, 0.6) is 0 Å². The fourth-order valence-electron chi connectivity index (χ4n) is 1.31. The molecule has 1 rings (SSSR count). The van der Waals surface area contributed by atoms with Gasteiger partial charge in [0.25, 0.3) is 0 Å². The molecule has 104 valence electrons. The number of carbonyl (C=O) groups excluding carboxylic acids is 1. The monoisotopic (exact) mass is 304 g/mol. The van der Waals surface area contributed by atoms with E-state index in [-0.39, 0.29) is 0 Å². The van der Waals surface area contributed by atoms with Gasteiger partial charge in [-0.2, -0.15) is 0 Å². The second-order valence-electron chi connectivity index (χ2n) is 4.11. The number of rotatable bonds is 4. The second-order valence-corrected chi connectivity index (χ2v) is 4.93. The lowest BCUT2D eigenvalue weighted by Gasteiger charge is -2.18. The van der Waals surface area contributed by atoms with Crippen molar-refractivity contribution in [1.29, 1.82) is 0 Å². The van der Waals surface area contributed by atoms with E-state index in [4.69, 9.17) is 28.3 Å². The number of hydrogen-bond donors (Lipinski definition) is 3. The predicted octanol–water partition coefficient (Wildman–Crippen LogP) is 3.22. The van der Waals surface area contributed by atoms with E-state index in [1.54, 1.807) is 25.1 Å². The molecular formula is C12H14Cl2N2O3. The molecule has 0 aliphatic heterocycles. The number of carbonyl (C=O) groups is 2. The highest BCUT2D eigenvalue weighted by molar-refractivity contribution is 6.39. The van der Waals surface area contributed by atoms with E-state index in [0.717, 1.165) is 0 Å². The van der Waals surface area contributed by atoms with Crippen LogP contribution >= 0.6 is 23.2 Å². The number of anilines is 1. The van der Waals surface area contributed by atoms with Gasteiger partial charge >= 0.3 is 12.0 Å². The van der Waals surface area contributed by atoms with Crippen LogP contribution in [-0.4, -0.2) is 23.1 Å². The Bertz CT molecular complexity index is 474. The maximum Gasteiger partial charge on any atom is 0.319 e. The summed E-state index contributed by atoms with van der Waals surface area (Å²) in [5, 5.41) is 14.5. The number of benzene rings is 1. The minimum absolute atomic E-state index is 0.290. The summed E-state index contributed by atoms with van der Waals surface area (Å²) in [6.45, 7) is 3.11. The first-order valence-corrected chi connectivity index (χ1v) is 6.33. The molecule has 0 fully saturated rings. The van der Waals surface area contributed by atoms with Gasteiger partial charge in [-0.1, -0.05) is 29.3 Å². The van der Waals surface area contributed by atoms with Crippen LogP contribution in [0.2, 0.25) is 10.0 Å². The molecule has 0 aliphatic rings. The minimum Gasteiger partial charge on any atom is -0.481 e. The van der Waals surface area contributed by atoms with Crippen molar-refractivity contribution in [3.8, 4) is 0 Å². The molecule has 3 N–H and O–H groups in total. The summed E-state index contributed by atoms with van der Waals surface area (Å²) in [6, 6.07) is 3.75. The van der Waals surface area contributed by atoms with Gasteiger partial charge in [0.1, 0.15) is 0 Å². The van der Waals surface area contributed by atoms with E-state index in [0.29, 0.717) is 15.7 Å². The molecule has 7 heteroatoms. The highest BCUT2D eigenvalue weighted by atomic mass is 35.5. The number of nitrogens with one attached hydrogen (secondary N) is 2. The molecule has 0 aromatic heterocycles. The van der Waals surface area contributed by atoms with Gasteiger partial charge in [0.15, 0.2) is 0 Å². The highest BCUT2D eigenvalue weighted by Gasteiger charge is 2.21. The maximum absolute atomic E-state index is 11.7. The Hall–Kier alpha value is -1.46. The summed E-state index contributed by atoms with van der Waals surface area (Å²) in [5.41, 5.74) is 0.290. The molecule has 0 radical (unpaired) electrons. The van der Waals surface area contributed by atoms with Crippen molar-refractivity contribution in [1.82, 2.24) is 5.32 Å². The first-order valence-electron chi connectivity index (χ1n) is 5.57. The molecular weight excluding hydrogens is 291 g/mol. The van der Waals surface area contributed by atoms with Crippen LogP contribution in [0.25, 0.3) is 0 Å². The van der Waals surface area contributed by atoms with Gasteiger partial charge in [0.05, 0.1) is 21.7 Å². The summed E-state index contributed by atoms with van der Waals surface area (Å²) in [5.74, 6) is -1.68. The van der Waals surface area contributed by atoms with Gasteiger partial charge in [-0.3, -0.25) is 4.79 Å². The van der Waals surface area contributed by atoms with Crippen molar-refractivity contribution in [2.75, 3.05) is 5.32 Å². The van der Waals surface area contributed by atoms with Gasteiger partial charge in [-0.25, -0.2) is 4.79 Å². The Morgan fingerprint density at radius 3 is 2.21 bits per heavy atom. The van der Waals surface area contributed by atoms with Gasteiger partial charge in [0, 0.05) is 6.04 Å². The zero-order chi connectivity index (χ0) is 14.6. The molecule has 1 aromatic rings. The lowest BCUT2D eigenvalue weighted by atomic mass is 10.0. The summed E-state index contributed by atoms with van der Waals surface area (Å²) < 4.78 is 0. The first kappa shape index (κ1) is 15.6. The molecule has 0 saturated carbocycles. The van der Waals surface area contributed by atoms with Gasteiger partial charge in [-0.15, -0.1) is 0 Å². The van der Waals surface area contributed by atoms with Crippen molar-refractivity contribution in [3.05, 3.63) is 28.2 Å². The lowest BCUT2D eigenvalue weighted by molar-refractivity contribution is -0.141. The summed E-state index contributed by atoms with van der Waals surface area (Å²) in [4.78, 5) is 22.5. The third-order valence-corrected chi connectivity index (χ3v) is 3.33. The van der Waals surface area contributed by atoms with E-state index < -0.39 is 24.0 Å². The Labute approximate surface area is 120 Å². The Balaban J connectivity index is 2.68. The van der Waals surface area contributed by atoms with Crippen LogP contribution in [0, 0.1) is 5.92 Å². The lowest BCUT2D eigenvalue weighted by Crippen LogP contribution is -2.42. The largest absolute Gasteiger partial charge is 0.481 e. The molecule has 2 atom stereocenters. The molecule has 0 heterocycles. The van der Waals surface area contributed by atoms with Crippen LogP contribution in [0.15, 0.2) is 18.2 Å². The molecule has 2 amide bonds. The molecule has 2 unspecified atom stereocenters. The highest BCUT2D eigenvalue weighted by Crippen LogP contribution is 2.29. The smallest absolute Gasteiger partial charge is 0.319 e. The standard InChI is InChI=1S/C12H14Cl2N2O3/c1-6(11(17)18)7(2)15-12(19)16-10-8(13)4-3-5-9(10)14/h3-7H,1-2H3,(H,17,18)(H2,15,16,19). The van der Waals surface area contributed by atoms with Gasteiger partial charge in [-0.05, 0) is 26.0 Å². The van der Waals surface area contributed by atoms with Crippen LogP contribution in [0.3, 0.4) is 0 Å². The number of halogens is 2. The van der Waals surface area contributed by atoms with E-state index in [9.17, 15) is 9.59 Å². The molecule has 0 saturated heterocycles. The third-order valence-electron chi connectivity index (χ3n) is 2.70. The normalized spacial score (nSPS) is 13.5. The van der Waals surface area contributed by atoms with Crippen LogP contribution < -0.4 is 10.6 Å².